The van der Waals surface area contributed by atoms with Gasteiger partial charge in [-0.25, -0.2) is 0 Å². The number of nitrogens with two attached hydrogens (primary N) is 1. The lowest BCUT2D eigenvalue weighted by atomic mass is 10.1. The number of nitrogens with zero attached hydrogens (tertiary/aromatic N) is 1. The van der Waals surface area contributed by atoms with E-state index in [4.69, 9.17) is 15.2 Å². The molecule has 108 valence electrons. The predicted octanol–water partition coefficient (Wildman–Crippen LogP) is 2.18. The molecule has 0 amide bonds. The molecule has 0 heterocycles. The molecule has 4 heteroatoms. The molecule has 4 nitrogen and oxygen atoms in total. The van der Waals surface area contributed by atoms with E-state index in [0.29, 0.717) is 0 Å². The van der Waals surface area contributed by atoms with Crippen molar-refractivity contribution in [3.63, 3.8) is 0 Å². The molecule has 0 radical (unpaired) electrons. The average molecular weight is 266 g/mol. The van der Waals surface area contributed by atoms with E-state index >= 15 is 0 Å². The maximum atomic E-state index is 5.52. The first kappa shape index (κ1) is 15.8. The van der Waals surface area contributed by atoms with Crippen molar-refractivity contribution >= 4 is 0 Å². The van der Waals surface area contributed by atoms with E-state index in [1.165, 1.54) is 5.56 Å². The molecular formula is C15H26N2O2. The van der Waals surface area contributed by atoms with Crippen molar-refractivity contribution in [3.8, 4) is 11.5 Å². The van der Waals surface area contributed by atoms with Crippen LogP contribution in [-0.2, 0) is 6.54 Å². The van der Waals surface area contributed by atoms with Crippen LogP contribution in [0.4, 0.5) is 0 Å². The summed E-state index contributed by atoms with van der Waals surface area (Å²) in [6.45, 7) is 4.71. The number of hydrogen-bond acceptors (Lipinski definition) is 4. The summed E-state index contributed by atoms with van der Waals surface area (Å²) in [6, 6.07) is 4.07. The van der Waals surface area contributed by atoms with Gasteiger partial charge in [-0.1, -0.05) is 6.07 Å². The Morgan fingerprint density at radius 1 is 1.16 bits per heavy atom. The van der Waals surface area contributed by atoms with Crippen LogP contribution in [0.3, 0.4) is 0 Å². The number of ether oxygens (including phenoxy) is 2. The van der Waals surface area contributed by atoms with Gasteiger partial charge in [0, 0.05) is 17.7 Å². The number of unbranched alkanes of at least 4 members (excludes halogenated alkanes) is 1. The molecule has 19 heavy (non-hydrogen) atoms. The first-order valence-corrected chi connectivity index (χ1v) is 6.73. The maximum Gasteiger partial charge on any atom is 0.129 e. The lowest BCUT2D eigenvalue weighted by molar-refractivity contribution is 0.309. The Labute approximate surface area is 116 Å². The Balaban J connectivity index is 2.75. The monoisotopic (exact) mass is 266 g/mol. The van der Waals surface area contributed by atoms with Gasteiger partial charge in [0.1, 0.15) is 11.5 Å². The van der Waals surface area contributed by atoms with Crippen LogP contribution in [0, 0.1) is 6.92 Å². The molecule has 0 bridgehead atoms. The Morgan fingerprint density at radius 2 is 1.89 bits per heavy atom. The Hall–Kier alpha value is -1.26. The van der Waals surface area contributed by atoms with Gasteiger partial charge in [0.05, 0.1) is 14.2 Å². The molecule has 0 unspecified atom stereocenters. The number of benzene rings is 1. The van der Waals surface area contributed by atoms with Gasteiger partial charge in [-0.2, -0.15) is 0 Å². The van der Waals surface area contributed by atoms with Crippen LogP contribution < -0.4 is 15.2 Å². The lowest BCUT2D eigenvalue weighted by Gasteiger charge is -2.20. The Morgan fingerprint density at radius 3 is 2.47 bits per heavy atom. The third kappa shape index (κ3) is 4.40. The van der Waals surface area contributed by atoms with Gasteiger partial charge in [-0.05, 0) is 46.0 Å². The first-order chi connectivity index (χ1) is 9.13. The van der Waals surface area contributed by atoms with Gasteiger partial charge in [0.2, 0.25) is 0 Å². The summed E-state index contributed by atoms with van der Waals surface area (Å²) in [5, 5.41) is 0. The van der Waals surface area contributed by atoms with Crippen LogP contribution in [0.1, 0.15) is 24.0 Å². The zero-order valence-corrected chi connectivity index (χ0v) is 12.5. The molecule has 0 atom stereocenters. The summed E-state index contributed by atoms with van der Waals surface area (Å²) in [4.78, 5) is 2.29. The maximum absolute atomic E-state index is 5.52. The van der Waals surface area contributed by atoms with Gasteiger partial charge in [-0.15, -0.1) is 0 Å². The minimum Gasteiger partial charge on any atom is -0.496 e. The SMILES string of the molecule is COc1ccc(CN(C)CCCCN)c(OC)c1C. The molecule has 1 aromatic rings. The summed E-state index contributed by atoms with van der Waals surface area (Å²) >= 11 is 0. The fourth-order valence-corrected chi connectivity index (χ4v) is 2.26. The van der Waals surface area contributed by atoms with E-state index in [1.54, 1.807) is 14.2 Å². The molecule has 0 aliphatic heterocycles. The molecule has 0 saturated carbocycles. The Bertz CT molecular complexity index is 394. The van der Waals surface area contributed by atoms with Crippen molar-refractivity contribution in [2.45, 2.75) is 26.3 Å². The number of methoxy groups -OCH3 is 2. The molecule has 1 rings (SSSR count). The zero-order valence-electron chi connectivity index (χ0n) is 12.5. The van der Waals surface area contributed by atoms with Crippen LogP contribution in [0.2, 0.25) is 0 Å². The van der Waals surface area contributed by atoms with Crippen molar-refractivity contribution in [1.29, 1.82) is 0 Å². The van der Waals surface area contributed by atoms with Gasteiger partial charge < -0.3 is 20.1 Å². The van der Waals surface area contributed by atoms with Crippen molar-refractivity contribution in [1.82, 2.24) is 4.90 Å². The van der Waals surface area contributed by atoms with Gasteiger partial charge in [0.25, 0.3) is 0 Å². The minimum atomic E-state index is 0.763. The number of hydrogen-bond donors (Lipinski definition) is 1. The van der Waals surface area contributed by atoms with E-state index in [2.05, 4.69) is 18.0 Å². The molecular weight excluding hydrogens is 240 g/mol. The lowest BCUT2D eigenvalue weighted by Crippen LogP contribution is -2.20. The van der Waals surface area contributed by atoms with Crippen molar-refractivity contribution < 1.29 is 9.47 Å². The highest BCUT2D eigenvalue weighted by molar-refractivity contribution is 5.49. The summed E-state index contributed by atoms with van der Waals surface area (Å²) in [7, 11) is 5.51. The topological polar surface area (TPSA) is 47.7 Å². The quantitative estimate of drug-likeness (QED) is 0.733. The third-order valence-corrected chi connectivity index (χ3v) is 3.30. The molecule has 0 spiro atoms. The highest BCUT2D eigenvalue weighted by atomic mass is 16.5. The highest BCUT2D eigenvalue weighted by Gasteiger charge is 2.12. The fourth-order valence-electron chi connectivity index (χ4n) is 2.26. The first-order valence-electron chi connectivity index (χ1n) is 6.73. The highest BCUT2D eigenvalue weighted by Crippen LogP contribution is 2.31. The molecule has 0 saturated heterocycles. The fraction of sp³-hybridized carbons (Fsp3) is 0.600. The molecule has 0 aromatic heterocycles. The smallest absolute Gasteiger partial charge is 0.129 e. The van der Waals surface area contributed by atoms with E-state index < -0.39 is 0 Å². The van der Waals surface area contributed by atoms with Crippen LogP contribution in [0.25, 0.3) is 0 Å². The van der Waals surface area contributed by atoms with Crippen molar-refractivity contribution in [2.24, 2.45) is 5.73 Å². The second-order valence-electron chi connectivity index (χ2n) is 4.82. The normalized spacial score (nSPS) is 10.8. The second kappa shape index (κ2) is 8.02. The van der Waals surface area contributed by atoms with Crippen molar-refractivity contribution in [2.75, 3.05) is 34.4 Å². The molecule has 0 aliphatic carbocycles. The molecule has 1 aromatic carbocycles. The van der Waals surface area contributed by atoms with Crippen LogP contribution in [0.15, 0.2) is 12.1 Å². The van der Waals surface area contributed by atoms with Crippen molar-refractivity contribution in [3.05, 3.63) is 23.3 Å². The predicted molar refractivity (Wildman–Crippen MR) is 78.9 cm³/mol. The van der Waals surface area contributed by atoms with E-state index in [9.17, 15) is 0 Å². The minimum absolute atomic E-state index is 0.763. The number of rotatable bonds is 8. The van der Waals surface area contributed by atoms with E-state index in [0.717, 1.165) is 49.5 Å². The largest absolute Gasteiger partial charge is 0.496 e. The molecule has 2 N–H and O–H groups in total. The van der Waals surface area contributed by atoms with E-state index in [1.807, 2.05) is 13.0 Å². The summed E-state index contributed by atoms with van der Waals surface area (Å²) < 4.78 is 10.8. The summed E-state index contributed by atoms with van der Waals surface area (Å²) in [6.07, 6.45) is 2.20. The van der Waals surface area contributed by atoms with E-state index in [-0.39, 0.29) is 0 Å². The van der Waals surface area contributed by atoms with Gasteiger partial charge in [-0.3, -0.25) is 0 Å². The summed E-state index contributed by atoms with van der Waals surface area (Å²) in [5.41, 5.74) is 7.76. The molecule has 0 fully saturated rings. The summed E-state index contributed by atoms with van der Waals surface area (Å²) in [5.74, 6) is 1.79. The second-order valence-corrected chi connectivity index (χ2v) is 4.82. The van der Waals surface area contributed by atoms with Crippen LogP contribution in [-0.4, -0.2) is 39.3 Å². The average Bonchev–Trinajstić information content (AvgIpc) is 2.39. The standard InChI is InChI=1S/C15H26N2O2/c1-12-14(18-3)8-7-13(15(12)19-4)11-17(2)10-6-5-9-16/h7-8H,5-6,9-11,16H2,1-4H3. The van der Waals surface area contributed by atoms with Gasteiger partial charge in [0.15, 0.2) is 0 Å². The third-order valence-electron chi connectivity index (χ3n) is 3.30. The van der Waals surface area contributed by atoms with Gasteiger partial charge >= 0.3 is 0 Å². The Kier molecular flexibility index (Phi) is 6.67. The van der Waals surface area contributed by atoms with Crippen LogP contribution >= 0.6 is 0 Å². The van der Waals surface area contributed by atoms with Crippen LogP contribution in [0.5, 0.6) is 11.5 Å². The molecule has 0 aliphatic rings. The zero-order chi connectivity index (χ0) is 14.3.